The summed E-state index contributed by atoms with van der Waals surface area (Å²) in [4.78, 5) is 0. The van der Waals surface area contributed by atoms with Gasteiger partial charge in [0.15, 0.2) is 7.98 Å². The van der Waals surface area contributed by atoms with E-state index < -0.39 is 37.3 Å². The molecule has 0 bridgehead atoms. The number of aryl methyl sites for hydroxylation is 2. The minimum absolute atomic E-state index is 0.631. The van der Waals surface area contributed by atoms with Crippen LogP contribution in [0.1, 0.15) is 88.5 Å². The molecule has 2 radical (unpaired) electrons. The van der Waals surface area contributed by atoms with E-state index in [1.807, 2.05) is 0 Å². The Morgan fingerprint density at radius 3 is 1.18 bits per heavy atom. The van der Waals surface area contributed by atoms with E-state index in [9.17, 15) is 0 Å². The van der Waals surface area contributed by atoms with Crippen LogP contribution in [-0.4, -0.2) is 28.6 Å². The number of halogens is 2. The molecule has 0 amide bonds. The molecule has 7 heteroatoms. The fourth-order valence-corrected chi connectivity index (χ4v) is 15.3. The second kappa shape index (κ2) is 22.2. The van der Waals surface area contributed by atoms with E-state index in [0.717, 1.165) is 12.8 Å². The SMILES string of the molecule is CCc1ccccc1-c1cccc2[cH-]c(C(C)CC)cc12.CCc1ccccc1-c1cccc2[cH-]c(C(C)CC)cc12.[B]N([Si](C)(C)C)[Si](C)(C)C.[Cl][Zr+2][Cl]. The number of hydrogen-bond acceptors (Lipinski definition) is 1. The molecule has 0 heterocycles. The third kappa shape index (κ3) is 13.0. The Morgan fingerprint density at radius 2 is 0.891 bits per heavy atom. The standard InChI is InChI=1S/2C21H23.C6H18BNSi2.2ClH.Zr/c2*1-4-15(3)18-13-17-10-8-12-20(21(17)14-18)19-11-7-6-9-16(19)5-2;1-9(2,3)8(7)10(4,5)6;;;/h2*6-15H,4-5H2,1-3H3;1-6H3;2*1H;/q2*-1;;;;+4/p-2. The average Bonchev–Trinajstić information content (AvgIpc) is 3.82. The summed E-state index contributed by atoms with van der Waals surface area (Å²) >= 11 is -0.826. The Labute approximate surface area is 357 Å². The molecule has 0 aromatic heterocycles. The fourth-order valence-electron chi connectivity index (χ4n) is 7.21. The molecule has 0 saturated carbocycles. The van der Waals surface area contributed by atoms with Crippen molar-refractivity contribution in [2.45, 2.75) is 118 Å². The van der Waals surface area contributed by atoms with Crippen molar-refractivity contribution in [2.75, 3.05) is 0 Å². The maximum absolute atomic E-state index is 5.98. The summed E-state index contributed by atoms with van der Waals surface area (Å²) in [6.45, 7) is 27.3. The van der Waals surface area contributed by atoms with Crippen LogP contribution in [0.15, 0.2) is 109 Å². The minimum atomic E-state index is -1.22. The van der Waals surface area contributed by atoms with Gasteiger partial charge in [0.1, 0.15) is 16.5 Å². The van der Waals surface area contributed by atoms with Crippen molar-refractivity contribution >= 4 is 63.0 Å². The van der Waals surface area contributed by atoms with E-state index in [1.165, 1.54) is 78.9 Å². The van der Waals surface area contributed by atoms with E-state index in [2.05, 4.69) is 194 Å². The summed E-state index contributed by atoms with van der Waals surface area (Å²) in [5.41, 5.74) is 11.3. The molecule has 0 fully saturated rings. The summed E-state index contributed by atoms with van der Waals surface area (Å²) in [5.74, 6) is 1.26. The molecule has 290 valence electrons. The molecule has 0 aliphatic rings. The van der Waals surface area contributed by atoms with Gasteiger partial charge in [-0.2, -0.15) is 12.1 Å². The van der Waals surface area contributed by atoms with Gasteiger partial charge in [-0.25, -0.2) is 0 Å². The fraction of sp³-hybridized carbons (Fsp3) is 0.375. The van der Waals surface area contributed by atoms with Gasteiger partial charge in [-0.1, -0.05) is 165 Å². The summed E-state index contributed by atoms with van der Waals surface area (Å²) in [6.07, 6.45) is 4.53. The van der Waals surface area contributed by atoms with Crippen LogP contribution in [0.2, 0.25) is 39.3 Å². The molecular weight excluding hydrogens is 820 g/mol. The monoisotopic (exact) mass is 881 g/mol. The van der Waals surface area contributed by atoms with Gasteiger partial charge in [0.2, 0.25) is 0 Å². The summed E-state index contributed by atoms with van der Waals surface area (Å²) in [7, 11) is 13.4. The van der Waals surface area contributed by atoms with Crippen molar-refractivity contribution < 1.29 is 20.8 Å². The van der Waals surface area contributed by atoms with Crippen LogP contribution in [0.4, 0.5) is 0 Å². The van der Waals surface area contributed by atoms with Gasteiger partial charge in [0.25, 0.3) is 0 Å². The normalized spacial score (nSPS) is 12.5. The first-order valence-corrected chi connectivity index (χ1v) is 33.3. The van der Waals surface area contributed by atoms with Crippen molar-refractivity contribution in [1.29, 1.82) is 0 Å². The molecule has 2 unspecified atom stereocenters. The third-order valence-electron chi connectivity index (χ3n) is 10.7. The first-order chi connectivity index (χ1) is 26.1. The zero-order valence-electron chi connectivity index (χ0n) is 35.7. The second-order valence-electron chi connectivity index (χ2n) is 16.6. The molecule has 6 aromatic carbocycles. The van der Waals surface area contributed by atoms with E-state index in [1.54, 1.807) is 0 Å². The number of benzene rings is 4. The maximum atomic E-state index is 5.98. The second-order valence-corrected chi connectivity index (χ2v) is 30.4. The zero-order chi connectivity index (χ0) is 40.9. The molecule has 0 N–H and O–H groups in total. The van der Waals surface area contributed by atoms with Crippen molar-refractivity contribution in [3.05, 3.63) is 131 Å². The molecule has 0 spiro atoms. The molecule has 0 saturated heterocycles. The summed E-state index contributed by atoms with van der Waals surface area (Å²) in [6, 6.07) is 40.4. The van der Waals surface area contributed by atoms with E-state index in [-0.39, 0.29) is 0 Å². The molecule has 6 aromatic rings. The topological polar surface area (TPSA) is 3.24 Å². The van der Waals surface area contributed by atoms with Crippen molar-refractivity contribution in [3.63, 3.8) is 0 Å². The van der Waals surface area contributed by atoms with Gasteiger partial charge in [0, 0.05) is 0 Å². The Kier molecular flexibility index (Phi) is 19.2. The molecule has 0 aliphatic carbocycles. The third-order valence-corrected chi connectivity index (χ3v) is 17.6. The number of hydrogen-bond donors (Lipinski definition) is 0. The van der Waals surface area contributed by atoms with Crippen LogP contribution in [0.3, 0.4) is 0 Å². The summed E-state index contributed by atoms with van der Waals surface area (Å²) < 4.78 is 2.15. The molecular formula is C48H64BCl2NSi2Zr. The molecule has 1 nitrogen and oxygen atoms in total. The van der Waals surface area contributed by atoms with Gasteiger partial charge in [-0.15, -0.1) is 69.1 Å². The predicted molar refractivity (Wildman–Crippen MR) is 252 cm³/mol. The van der Waals surface area contributed by atoms with E-state index in [4.69, 9.17) is 25.0 Å². The Morgan fingerprint density at radius 1 is 0.564 bits per heavy atom. The Balaban J connectivity index is 0.000000227. The zero-order valence-corrected chi connectivity index (χ0v) is 41.6. The van der Waals surface area contributed by atoms with Crippen LogP contribution < -0.4 is 0 Å². The van der Waals surface area contributed by atoms with Gasteiger partial charge >= 0.3 is 37.9 Å². The van der Waals surface area contributed by atoms with E-state index >= 15 is 0 Å². The van der Waals surface area contributed by atoms with Crippen molar-refractivity contribution in [2.24, 2.45) is 0 Å². The van der Waals surface area contributed by atoms with Crippen LogP contribution in [0.25, 0.3) is 43.8 Å². The average molecular weight is 884 g/mol. The van der Waals surface area contributed by atoms with Gasteiger partial charge in [-0.05, 0) is 46.9 Å². The first kappa shape index (κ1) is 47.4. The van der Waals surface area contributed by atoms with Crippen LogP contribution >= 0.6 is 17.0 Å². The van der Waals surface area contributed by atoms with Crippen molar-refractivity contribution in [1.82, 2.24) is 4.14 Å². The van der Waals surface area contributed by atoms with Gasteiger partial charge in [-0.3, -0.25) is 0 Å². The quantitative estimate of drug-likeness (QED) is 0.0979. The van der Waals surface area contributed by atoms with Crippen LogP contribution in [-0.2, 0) is 33.7 Å². The van der Waals surface area contributed by atoms with Crippen LogP contribution in [0, 0.1) is 0 Å². The Bertz CT molecular complexity index is 1910. The first-order valence-electron chi connectivity index (χ1n) is 20.1. The van der Waals surface area contributed by atoms with E-state index in [0.29, 0.717) is 11.8 Å². The summed E-state index contributed by atoms with van der Waals surface area (Å²) in [5, 5.41) is 5.53. The van der Waals surface area contributed by atoms with Crippen molar-refractivity contribution in [3.8, 4) is 22.3 Å². The number of nitrogens with zero attached hydrogens (tertiary/aromatic N) is 1. The molecule has 6 rings (SSSR count). The van der Waals surface area contributed by atoms with Crippen LogP contribution in [0.5, 0.6) is 0 Å². The molecule has 0 aliphatic heterocycles. The molecule has 2 atom stereocenters. The number of rotatable bonds is 10. The predicted octanol–water partition coefficient (Wildman–Crippen LogP) is 16.0. The Hall–Kier alpha value is -1.98. The van der Waals surface area contributed by atoms with Gasteiger partial charge < -0.3 is 4.14 Å². The van der Waals surface area contributed by atoms with Gasteiger partial charge in [0.05, 0.1) is 0 Å². The number of fused-ring (bicyclic) bond motifs is 2. The molecule has 55 heavy (non-hydrogen) atoms.